The quantitative estimate of drug-likeness (QED) is 0.782. The summed E-state index contributed by atoms with van der Waals surface area (Å²) in [4.78, 5) is 11.9. The topological polar surface area (TPSA) is 48.7 Å². The van der Waals surface area contributed by atoms with Crippen molar-refractivity contribution in [3.8, 4) is 5.75 Å². The first-order valence-electron chi connectivity index (χ1n) is 8.10. The normalized spacial score (nSPS) is 15.4. The molecule has 1 atom stereocenters. The van der Waals surface area contributed by atoms with Crippen LogP contribution >= 0.6 is 0 Å². The van der Waals surface area contributed by atoms with E-state index < -0.39 is 6.10 Å². The van der Waals surface area contributed by atoms with E-state index in [-0.39, 0.29) is 5.97 Å². The van der Waals surface area contributed by atoms with Gasteiger partial charge in [0.05, 0.1) is 6.61 Å². The molecular weight excluding hydrogens is 280 g/mol. The molecule has 0 bridgehead atoms. The molecule has 0 saturated heterocycles. The van der Waals surface area contributed by atoms with Crippen LogP contribution in [0.3, 0.4) is 0 Å². The lowest BCUT2D eigenvalue weighted by atomic mass is 9.96. The Bertz CT molecular complexity index is 671. The van der Waals surface area contributed by atoms with E-state index in [1.165, 1.54) is 18.4 Å². The molecular formula is C18H22O4. The van der Waals surface area contributed by atoms with Crippen molar-refractivity contribution in [3.63, 3.8) is 0 Å². The summed E-state index contributed by atoms with van der Waals surface area (Å²) < 4.78 is 16.8. The molecule has 0 saturated carbocycles. The van der Waals surface area contributed by atoms with Crippen LogP contribution in [0.5, 0.6) is 5.75 Å². The molecule has 118 valence electrons. The zero-order valence-electron chi connectivity index (χ0n) is 13.2. The van der Waals surface area contributed by atoms with Crippen molar-refractivity contribution >= 4 is 16.9 Å². The van der Waals surface area contributed by atoms with Crippen LogP contribution in [-0.2, 0) is 22.4 Å². The van der Waals surface area contributed by atoms with Gasteiger partial charge in [0.25, 0.3) is 0 Å². The number of benzene rings is 1. The van der Waals surface area contributed by atoms with Gasteiger partial charge in [-0.3, -0.25) is 0 Å². The van der Waals surface area contributed by atoms with Crippen LogP contribution in [0.25, 0.3) is 11.0 Å². The maximum absolute atomic E-state index is 11.9. The molecule has 4 heteroatoms. The highest BCUT2D eigenvalue weighted by atomic mass is 16.6. The van der Waals surface area contributed by atoms with Gasteiger partial charge in [-0.15, -0.1) is 0 Å². The largest absolute Gasteiger partial charge is 0.479 e. The van der Waals surface area contributed by atoms with E-state index in [1.807, 2.05) is 25.1 Å². The standard InChI is InChI=1S/C18H22O4/c1-3-15(18(19)20-4-2)21-12-9-10-17-14(11-12)13-7-5-6-8-16(13)22-17/h9-11,15H,3-8H2,1-2H3. The highest BCUT2D eigenvalue weighted by Crippen LogP contribution is 2.34. The minimum Gasteiger partial charge on any atom is -0.479 e. The second-order valence-electron chi connectivity index (χ2n) is 5.64. The molecule has 1 aliphatic carbocycles. The molecule has 0 amide bonds. The summed E-state index contributed by atoms with van der Waals surface area (Å²) in [6, 6.07) is 5.78. The predicted octanol–water partition coefficient (Wildman–Crippen LogP) is 4.03. The third-order valence-electron chi connectivity index (χ3n) is 4.13. The molecule has 1 aromatic carbocycles. The van der Waals surface area contributed by atoms with Gasteiger partial charge in [0.15, 0.2) is 6.10 Å². The third-order valence-corrected chi connectivity index (χ3v) is 4.13. The van der Waals surface area contributed by atoms with Crippen LogP contribution in [0, 0.1) is 0 Å². The lowest BCUT2D eigenvalue weighted by Gasteiger charge is -2.16. The fourth-order valence-corrected chi connectivity index (χ4v) is 3.01. The Labute approximate surface area is 130 Å². The number of ether oxygens (including phenoxy) is 2. The Morgan fingerprint density at radius 2 is 2.09 bits per heavy atom. The van der Waals surface area contributed by atoms with Gasteiger partial charge >= 0.3 is 5.97 Å². The molecule has 1 heterocycles. The van der Waals surface area contributed by atoms with Gasteiger partial charge in [0.1, 0.15) is 17.1 Å². The zero-order valence-corrected chi connectivity index (χ0v) is 13.2. The first-order chi connectivity index (χ1) is 10.7. The molecule has 4 nitrogen and oxygen atoms in total. The van der Waals surface area contributed by atoms with Gasteiger partial charge in [-0.05, 0) is 50.8 Å². The smallest absolute Gasteiger partial charge is 0.347 e. The molecule has 0 spiro atoms. The third kappa shape index (κ3) is 2.82. The van der Waals surface area contributed by atoms with Gasteiger partial charge in [-0.25, -0.2) is 4.79 Å². The molecule has 0 fully saturated rings. The van der Waals surface area contributed by atoms with Gasteiger partial charge in [-0.1, -0.05) is 6.92 Å². The van der Waals surface area contributed by atoms with Crippen molar-refractivity contribution in [2.24, 2.45) is 0 Å². The Balaban J connectivity index is 1.86. The monoisotopic (exact) mass is 302 g/mol. The maximum Gasteiger partial charge on any atom is 0.347 e. The number of carbonyl (C=O) groups excluding carboxylic acids is 1. The van der Waals surface area contributed by atoms with Crippen LogP contribution in [0.4, 0.5) is 0 Å². The molecule has 1 aliphatic rings. The Hall–Kier alpha value is -1.97. The lowest BCUT2D eigenvalue weighted by molar-refractivity contribution is -0.151. The van der Waals surface area contributed by atoms with Crippen molar-refractivity contribution in [1.29, 1.82) is 0 Å². The number of aryl methyl sites for hydroxylation is 2. The van der Waals surface area contributed by atoms with Crippen molar-refractivity contribution in [3.05, 3.63) is 29.5 Å². The van der Waals surface area contributed by atoms with Gasteiger partial charge in [-0.2, -0.15) is 0 Å². The molecule has 0 N–H and O–H groups in total. The molecule has 3 rings (SSSR count). The highest BCUT2D eigenvalue weighted by Gasteiger charge is 2.21. The maximum atomic E-state index is 11.9. The average Bonchev–Trinajstić information content (AvgIpc) is 2.90. The molecule has 2 aromatic rings. The zero-order chi connectivity index (χ0) is 15.5. The number of furan rings is 1. The van der Waals surface area contributed by atoms with E-state index in [9.17, 15) is 4.79 Å². The summed E-state index contributed by atoms with van der Waals surface area (Å²) in [5.41, 5.74) is 2.21. The van der Waals surface area contributed by atoms with Gasteiger partial charge in [0, 0.05) is 17.4 Å². The number of carbonyl (C=O) groups is 1. The van der Waals surface area contributed by atoms with Crippen molar-refractivity contribution in [2.45, 2.75) is 52.1 Å². The fraction of sp³-hybridized carbons (Fsp3) is 0.500. The van der Waals surface area contributed by atoms with Crippen molar-refractivity contribution in [2.75, 3.05) is 6.61 Å². The van der Waals surface area contributed by atoms with Crippen molar-refractivity contribution < 1.29 is 18.7 Å². The highest BCUT2D eigenvalue weighted by molar-refractivity contribution is 5.84. The van der Waals surface area contributed by atoms with E-state index in [0.717, 1.165) is 29.6 Å². The summed E-state index contributed by atoms with van der Waals surface area (Å²) >= 11 is 0. The van der Waals surface area contributed by atoms with Gasteiger partial charge in [0.2, 0.25) is 0 Å². The van der Waals surface area contributed by atoms with E-state index in [1.54, 1.807) is 6.92 Å². The number of esters is 1. The van der Waals surface area contributed by atoms with Crippen LogP contribution in [0.2, 0.25) is 0 Å². The number of hydrogen-bond acceptors (Lipinski definition) is 4. The summed E-state index contributed by atoms with van der Waals surface area (Å²) in [6.07, 6.45) is 4.49. The average molecular weight is 302 g/mol. The number of rotatable bonds is 5. The summed E-state index contributed by atoms with van der Waals surface area (Å²) in [6.45, 7) is 4.08. The van der Waals surface area contributed by atoms with E-state index in [4.69, 9.17) is 13.9 Å². The summed E-state index contributed by atoms with van der Waals surface area (Å²) in [5.74, 6) is 1.50. The van der Waals surface area contributed by atoms with E-state index in [0.29, 0.717) is 18.8 Å². The molecule has 1 unspecified atom stereocenters. The van der Waals surface area contributed by atoms with Crippen molar-refractivity contribution in [1.82, 2.24) is 0 Å². The Morgan fingerprint density at radius 1 is 1.27 bits per heavy atom. The Kier molecular flexibility index (Phi) is 4.36. The minimum absolute atomic E-state index is 0.306. The number of hydrogen-bond donors (Lipinski definition) is 0. The van der Waals surface area contributed by atoms with Crippen LogP contribution in [-0.4, -0.2) is 18.7 Å². The first-order valence-corrected chi connectivity index (χ1v) is 8.10. The van der Waals surface area contributed by atoms with E-state index in [2.05, 4.69) is 0 Å². The summed E-state index contributed by atoms with van der Waals surface area (Å²) in [7, 11) is 0. The SMILES string of the molecule is CCOC(=O)C(CC)Oc1ccc2oc3c(c2c1)CCCC3. The van der Waals surface area contributed by atoms with Crippen LogP contribution < -0.4 is 4.74 Å². The fourth-order valence-electron chi connectivity index (χ4n) is 3.01. The second kappa shape index (κ2) is 6.42. The molecule has 0 radical (unpaired) electrons. The number of fused-ring (bicyclic) bond motifs is 3. The molecule has 22 heavy (non-hydrogen) atoms. The minimum atomic E-state index is -0.555. The molecule has 0 aliphatic heterocycles. The van der Waals surface area contributed by atoms with E-state index >= 15 is 0 Å². The Morgan fingerprint density at radius 3 is 2.86 bits per heavy atom. The van der Waals surface area contributed by atoms with Gasteiger partial charge < -0.3 is 13.9 Å². The van der Waals surface area contributed by atoms with Crippen LogP contribution in [0.1, 0.15) is 44.4 Å². The second-order valence-corrected chi connectivity index (χ2v) is 5.64. The van der Waals surface area contributed by atoms with Crippen LogP contribution in [0.15, 0.2) is 22.6 Å². The first kappa shape index (κ1) is 14.9. The summed E-state index contributed by atoms with van der Waals surface area (Å²) in [5, 5.41) is 1.12. The lowest BCUT2D eigenvalue weighted by Crippen LogP contribution is -2.28. The molecule has 1 aromatic heterocycles. The predicted molar refractivity (Wildman–Crippen MR) is 84.2 cm³/mol.